The van der Waals surface area contributed by atoms with Crippen LogP contribution in [0.5, 0.6) is 23.0 Å². The van der Waals surface area contributed by atoms with Crippen molar-refractivity contribution >= 4 is 59.5 Å². The first-order valence-electron chi connectivity index (χ1n) is 25.0. The Hall–Kier alpha value is -8.22. The van der Waals surface area contributed by atoms with E-state index in [1.165, 1.54) is 42.1 Å². The number of aromatic nitrogens is 4. The summed E-state index contributed by atoms with van der Waals surface area (Å²) in [6, 6.07) is 38.5. The molecule has 23 heteroatoms. The number of nitrogens with one attached hydrogen (secondary N) is 2. The molecule has 0 spiro atoms. The minimum Gasteiger partial charge on any atom is -0.497 e. The van der Waals surface area contributed by atoms with Gasteiger partial charge in [0.2, 0.25) is 10.2 Å². The smallest absolute Gasteiger partial charge is 0.326 e. The van der Waals surface area contributed by atoms with Crippen molar-refractivity contribution in [3.63, 3.8) is 0 Å². The molecule has 2 heterocycles. The summed E-state index contributed by atoms with van der Waals surface area (Å²) in [7, 11) is -5.41. The average Bonchev–Trinajstić information content (AvgIpc) is 4.25. The van der Waals surface area contributed by atoms with Gasteiger partial charge in [-0.1, -0.05) is 103 Å². The highest BCUT2D eigenvalue weighted by molar-refractivity contribution is 7.91. The summed E-state index contributed by atoms with van der Waals surface area (Å²) in [6.45, 7) is 5.69. The topological polar surface area (TPSA) is 263 Å². The van der Waals surface area contributed by atoms with Gasteiger partial charge in [0.05, 0.1) is 35.5 Å². The lowest BCUT2D eigenvalue weighted by Gasteiger charge is -2.36. The van der Waals surface area contributed by atoms with E-state index >= 15 is 0 Å². The minimum atomic E-state index is -4.36. The van der Waals surface area contributed by atoms with Crippen LogP contribution in [0.15, 0.2) is 161 Å². The molecule has 8 aromatic rings. The molecule has 0 radical (unpaired) electrons. The molecule has 0 saturated carbocycles. The molecule has 0 aliphatic carbocycles. The van der Waals surface area contributed by atoms with Gasteiger partial charge in [-0.2, -0.15) is 13.1 Å². The van der Waals surface area contributed by atoms with Gasteiger partial charge in [0, 0.05) is 13.3 Å². The summed E-state index contributed by atoms with van der Waals surface area (Å²) in [5.74, 6) is -1.07. The summed E-state index contributed by atoms with van der Waals surface area (Å²) < 4.78 is 93.1. The number of sulfonamides is 1. The Labute approximate surface area is 466 Å². The van der Waals surface area contributed by atoms with Crippen LogP contribution in [-0.2, 0) is 62.0 Å². The van der Waals surface area contributed by atoms with Crippen LogP contribution in [0.4, 0.5) is 0 Å². The SMILES string of the molecule is COc1ccc(C(NS(=O)(=O)c2nc3ccc(OCc4cn([C@H](C(=O)NC(Cc5ccc(OC(COC(C)=O)COS(=O)(=O)c6ccc(C)cc6)cc5)C(=O)O)C(C)C)nn4)cc3s2)(c2ccccc2)c2ccc(OC)cc2)cc1. The third-order valence-corrected chi connectivity index (χ3v) is 16.9. The third-order valence-electron chi connectivity index (χ3n) is 12.7. The number of carboxylic acids is 1. The van der Waals surface area contributed by atoms with Gasteiger partial charge in [-0.15, -0.1) is 16.4 Å². The van der Waals surface area contributed by atoms with Crippen molar-refractivity contribution in [2.24, 2.45) is 5.92 Å². The predicted octanol–water partition coefficient (Wildman–Crippen LogP) is 7.79. The lowest BCUT2D eigenvalue weighted by molar-refractivity contribution is -0.144. The second-order valence-corrected chi connectivity index (χ2v) is 23.3. The number of aliphatic carboxylic acids is 1. The standard InChI is InChI=1S/C57H58N6O14S3/c1-36(2)53(54(65)58-51(55(66)67)30-39-14-20-46(21-15-39)77-48(34-74-38(4)64)35-76-80(70,71)49-27-12-37(3)13-28-49)63-32-43(60-62-63)33-75-47-26-29-50-52(31-47)78-56(59-50)79(68,69)61-57(40-10-8-7-9-11-40,41-16-22-44(72-5)23-17-41)42-18-24-45(73-6)25-19-42/h7-29,31-32,36,48,51,53,61H,30,33-35H2,1-6H3,(H,58,65)(H,66,67)/t48?,51?,53-/m0/s1. The number of rotatable bonds is 26. The molecule has 80 heavy (non-hydrogen) atoms. The monoisotopic (exact) mass is 1150 g/mol. The average molecular weight is 1150 g/mol. The number of nitrogens with zero attached hydrogens (tertiary/aromatic N) is 4. The van der Waals surface area contributed by atoms with Crippen LogP contribution < -0.4 is 29.0 Å². The third kappa shape index (κ3) is 14.0. The second kappa shape index (κ2) is 25.3. The Morgan fingerprint density at radius 2 is 1.35 bits per heavy atom. The van der Waals surface area contributed by atoms with Gasteiger partial charge in [0.1, 0.15) is 66.1 Å². The molecule has 3 atom stereocenters. The van der Waals surface area contributed by atoms with Crippen LogP contribution in [0.25, 0.3) is 10.2 Å². The molecule has 0 aliphatic heterocycles. The van der Waals surface area contributed by atoms with E-state index in [1.54, 1.807) is 94.8 Å². The number of ether oxygens (including phenoxy) is 5. The zero-order chi connectivity index (χ0) is 57.2. The van der Waals surface area contributed by atoms with Crippen molar-refractivity contribution in [1.29, 1.82) is 0 Å². The van der Waals surface area contributed by atoms with Crippen molar-refractivity contribution in [3.05, 3.63) is 185 Å². The molecular weight excluding hydrogens is 1090 g/mol. The van der Waals surface area contributed by atoms with E-state index in [2.05, 4.69) is 25.3 Å². The van der Waals surface area contributed by atoms with Gasteiger partial charge in [-0.25, -0.2) is 22.9 Å². The summed E-state index contributed by atoms with van der Waals surface area (Å²) >= 11 is 0.966. The number of fused-ring (bicyclic) bond motifs is 1. The number of carbonyl (C=O) groups excluding carboxylic acids is 2. The predicted molar refractivity (Wildman–Crippen MR) is 296 cm³/mol. The normalized spacial score (nSPS) is 13.0. The molecule has 0 aliphatic rings. The zero-order valence-corrected chi connectivity index (χ0v) is 46.8. The quantitative estimate of drug-likeness (QED) is 0.0265. The number of esters is 1. The largest absolute Gasteiger partial charge is 0.497 e. The Bertz CT molecular complexity index is 3610. The highest BCUT2D eigenvalue weighted by atomic mass is 32.2. The molecule has 20 nitrogen and oxygen atoms in total. The maximum atomic E-state index is 14.7. The summed E-state index contributed by atoms with van der Waals surface area (Å²) in [5.41, 5.74) is 2.61. The van der Waals surface area contributed by atoms with Crippen LogP contribution in [-0.4, -0.2) is 99.3 Å². The molecule has 6 aromatic carbocycles. The molecule has 0 saturated heterocycles. The fraction of sp³-hybridized carbons (Fsp3) is 0.263. The molecule has 8 rings (SSSR count). The van der Waals surface area contributed by atoms with Gasteiger partial charge in [0.25, 0.3) is 20.1 Å². The minimum absolute atomic E-state index is 0.0536. The number of carboxylic acid groups (broad SMARTS) is 1. The molecule has 3 N–H and O–H groups in total. The maximum Gasteiger partial charge on any atom is 0.326 e. The number of aryl methyl sites for hydroxylation is 1. The number of thiazole rings is 1. The Kier molecular flexibility index (Phi) is 18.3. The van der Waals surface area contributed by atoms with E-state index in [1.807, 2.05) is 61.5 Å². The first kappa shape index (κ1) is 57.9. The van der Waals surface area contributed by atoms with Gasteiger partial charge in [-0.3, -0.25) is 13.8 Å². The Morgan fingerprint density at radius 1 is 0.750 bits per heavy atom. The first-order valence-corrected chi connectivity index (χ1v) is 28.7. The van der Waals surface area contributed by atoms with Crippen LogP contribution >= 0.6 is 11.3 Å². The van der Waals surface area contributed by atoms with Crippen molar-refractivity contribution in [1.82, 2.24) is 30.0 Å². The molecule has 2 unspecified atom stereocenters. The molecule has 1 amide bonds. The van der Waals surface area contributed by atoms with Crippen molar-refractivity contribution < 1.29 is 64.2 Å². The van der Waals surface area contributed by atoms with Gasteiger partial charge < -0.3 is 34.1 Å². The van der Waals surface area contributed by atoms with E-state index in [9.17, 15) is 36.3 Å². The fourth-order valence-corrected chi connectivity index (χ4v) is 12.2. The number of amides is 1. The number of methoxy groups -OCH3 is 2. The van der Waals surface area contributed by atoms with Crippen molar-refractivity contribution in [2.45, 2.75) is 73.7 Å². The van der Waals surface area contributed by atoms with E-state index < -0.39 is 68.3 Å². The van der Waals surface area contributed by atoms with E-state index in [-0.39, 0.29) is 40.5 Å². The Morgan fingerprint density at radius 3 is 1.94 bits per heavy atom. The number of hydrogen-bond donors (Lipinski definition) is 3. The van der Waals surface area contributed by atoms with E-state index in [4.69, 9.17) is 27.9 Å². The first-order chi connectivity index (χ1) is 38.3. The van der Waals surface area contributed by atoms with Gasteiger partial charge >= 0.3 is 11.9 Å². The zero-order valence-electron chi connectivity index (χ0n) is 44.3. The number of benzene rings is 6. The molecule has 0 bridgehead atoms. The van der Waals surface area contributed by atoms with Crippen LogP contribution in [0, 0.1) is 12.8 Å². The van der Waals surface area contributed by atoms with Crippen molar-refractivity contribution in [2.75, 3.05) is 27.4 Å². The van der Waals surface area contributed by atoms with Crippen LogP contribution in [0.3, 0.4) is 0 Å². The lowest BCUT2D eigenvalue weighted by atomic mass is 9.78. The molecule has 2 aromatic heterocycles. The number of hydrogen-bond acceptors (Lipinski definition) is 17. The maximum absolute atomic E-state index is 14.7. The molecule has 0 fully saturated rings. The van der Waals surface area contributed by atoms with Gasteiger partial charge in [0.15, 0.2) is 6.10 Å². The fourth-order valence-electron chi connectivity index (χ4n) is 8.64. The summed E-state index contributed by atoms with van der Waals surface area (Å²) in [5, 5.41) is 21.3. The van der Waals surface area contributed by atoms with Crippen LogP contribution in [0.1, 0.15) is 60.3 Å². The van der Waals surface area contributed by atoms with Crippen molar-refractivity contribution in [3.8, 4) is 23.0 Å². The highest BCUT2D eigenvalue weighted by Crippen LogP contribution is 2.41. The highest BCUT2D eigenvalue weighted by Gasteiger charge is 2.42. The van der Waals surface area contributed by atoms with Crippen LogP contribution in [0.2, 0.25) is 0 Å². The Balaban J connectivity index is 0.922. The van der Waals surface area contributed by atoms with E-state index in [0.717, 1.165) is 16.9 Å². The lowest BCUT2D eigenvalue weighted by Crippen LogP contribution is -2.47. The summed E-state index contributed by atoms with van der Waals surface area (Å²) in [4.78, 5) is 42.5. The molecular formula is C57H58N6O14S3. The van der Waals surface area contributed by atoms with E-state index in [0.29, 0.717) is 55.4 Å². The molecule has 418 valence electrons. The van der Waals surface area contributed by atoms with Gasteiger partial charge in [-0.05, 0) is 102 Å². The number of carbonyl (C=O) groups is 3. The summed E-state index contributed by atoms with van der Waals surface area (Å²) in [6.07, 6.45) is 0.384. The second-order valence-electron chi connectivity index (χ2n) is 18.8.